The van der Waals surface area contributed by atoms with Crippen molar-refractivity contribution in [3.63, 3.8) is 0 Å². The van der Waals surface area contributed by atoms with Crippen LogP contribution in [0.1, 0.15) is 60.7 Å². The molecule has 0 radical (unpaired) electrons. The van der Waals surface area contributed by atoms with Crippen molar-refractivity contribution in [2.45, 2.75) is 50.4 Å². The average molecular weight is 595 g/mol. The van der Waals surface area contributed by atoms with E-state index in [2.05, 4.69) is 112 Å². The standard InChI is InChI=1S/C35H38N4O3S/c1-3-42-33(41)22-14-24-39-26-32(36-37-39)34(43-27(2)40)28-15-13-23-38(25-28)35(29-16-7-4-8-17-29,30-18-9-5-10-19-30)31-20-11-6-12-21-31/h4-12,15-21,26,34H,3,13-14,22-25H2,1-2H3. The lowest BCUT2D eigenvalue weighted by Gasteiger charge is -2.47. The zero-order valence-corrected chi connectivity index (χ0v) is 25.6. The highest BCUT2D eigenvalue weighted by Crippen LogP contribution is 2.46. The summed E-state index contributed by atoms with van der Waals surface area (Å²) in [6.45, 7) is 5.83. The van der Waals surface area contributed by atoms with Crippen LogP contribution < -0.4 is 0 Å². The molecule has 1 aliphatic heterocycles. The summed E-state index contributed by atoms with van der Waals surface area (Å²) in [6, 6.07) is 32.0. The number of aryl methyl sites for hydroxylation is 1. The van der Waals surface area contributed by atoms with Gasteiger partial charge in [-0.15, -0.1) is 5.10 Å². The second-order valence-electron chi connectivity index (χ2n) is 10.6. The fraction of sp³-hybridized carbons (Fsp3) is 0.314. The molecule has 0 amide bonds. The van der Waals surface area contributed by atoms with Crippen LogP contribution in [-0.4, -0.2) is 50.7 Å². The molecule has 7 nitrogen and oxygen atoms in total. The second-order valence-corrected chi connectivity index (χ2v) is 11.9. The van der Waals surface area contributed by atoms with Gasteiger partial charge in [0.05, 0.1) is 17.4 Å². The Hall–Kier alpha value is -4.01. The Morgan fingerprint density at radius 1 is 0.930 bits per heavy atom. The van der Waals surface area contributed by atoms with Crippen molar-refractivity contribution >= 4 is 22.8 Å². The summed E-state index contributed by atoms with van der Waals surface area (Å²) in [5, 5.41) is 8.61. The second kappa shape index (κ2) is 14.4. The first-order chi connectivity index (χ1) is 21.0. The first-order valence-corrected chi connectivity index (χ1v) is 15.7. The molecule has 5 rings (SSSR count). The lowest BCUT2D eigenvalue weighted by Crippen LogP contribution is -2.50. The van der Waals surface area contributed by atoms with Gasteiger partial charge in [-0.3, -0.25) is 19.2 Å². The number of nitrogens with zero attached hydrogens (tertiary/aromatic N) is 4. The number of carbonyl (C=O) groups excluding carboxylic acids is 2. The van der Waals surface area contributed by atoms with Crippen LogP contribution in [0.15, 0.2) is 109 Å². The van der Waals surface area contributed by atoms with Crippen LogP contribution in [0.25, 0.3) is 0 Å². The quantitative estimate of drug-likeness (QED) is 0.104. The number of carbonyl (C=O) groups is 2. The maximum atomic E-state index is 12.5. The third-order valence-corrected chi connectivity index (χ3v) is 8.86. The van der Waals surface area contributed by atoms with Gasteiger partial charge in [0.25, 0.3) is 0 Å². The molecule has 0 spiro atoms. The van der Waals surface area contributed by atoms with Gasteiger partial charge < -0.3 is 4.74 Å². The molecular weight excluding hydrogens is 556 g/mol. The molecule has 0 N–H and O–H groups in total. The molecule has 1 aliphatic rings. The lowest BCUT2D eigenvalue weighted by atomic mass is 9.74. The lowest BCUT2D eigenvalue weighted by molar-refractivity contribution is -0.143. The first-order valence-electron chi connectivity index (χ1n) is 14.9. The number of ether oxygens (including phenoxy) is 1. The molecule has 0 fully saturated rings. The van der Waals surface area contributed by atoms with Gasteiger partial charge in [-0.1, -0.05) is 114 Å². The Balaban J connectivity index is 1.50. The van der Waals surface area contributed by atoms with Gasteiger partial charge in [0.2, 0.25) is 0 Å². The van der Waals surface area contributed by atoms with E-state index in [9.17, 15) is 9.59 Å². The minimum absolute atomic E-state index is 0.0281. The fourth-order valence-corrected chi connectivity index (χ4v) is 6.87. The number of rotatable bonds is 12. The molecule has 0 saturated carbocycles. The highest BCUT2D eigenvalue weighted by molar-refractivity contribution is 8.13. The predicted molar refractivity (Wildman–Crippen MR) is 170 cm³/mol. The van der Waals surface area contributed by atoms with E-state index in [0.29, 0.717) is 32.5 Å². The Morgan fingerprint density at radius 3 is 2.05 bits per heavy atom. The molecule has 0 aliphatic carbocycles. The Kier molecular flexibility index (Phi) is 10.2. The van der Waals surface area contributed by atoms with Gasteiger partial charge in [0, 0.05) is 39.2 Å². The topological polar surface area (TPSA) is 77.3 Å². The van der Waals surface area contributed by atoms with Crippen LogP contribution >= 0.6 is 11.8 Å². The summed E-state index contributed by atoms with van der Waals surface area (Å²) in [5.74, 6) is -0.209. The van der Waals surface area contributed by atoms with Crippen LogP contribution in [-0.2, 0) is 26.4 Å². The maximum Gasteiger partial charge on any atom is 0.305 e. The third-order valence-electron chi connectivity index (χ3n) is 7.75. The summed E-state index contributed by atoms with van der Waals surface area (Å²) in [4.78, 5) is 26.9. The summed E-state index contributed by atoms with van der Waals surface area (Å²) in [5.41, 5.74) is 4.91. The monoisotopic (exact) mass is 594 g/mol. The van der Waals surface area contributed by atoms with E-state index in [4.69, 9.17) is 4.74 Å². The molecule has 4 aromatic rings. The number of hydrogen-bond donors (Lipinski definition) is 0. The molecule has 43 heavy (non-hydrogen) atoms. The minimum atomic E-state index is -0.542. The zero-order chi connectivity index (χ0) is 30.1. The summed E-state index contributed by atoms with van der Waals surface area (Å²) >= 11 is 1.28. The smallest absolute Gasteiger partial charge is 0.305 e. The number of esters is 1. The molecule has 1 atom stereocenters. The van der Waals surface area contributed by atoms with Crippen molar-refractivity contribution in [3.05, 3.63) is 131 Å². The normalized spacial score (nSPS) is 14.6. The highest BCUT2D eigenvalue weighted by atomic mass is 32.2. The highest BCUT2D eigenvalue weighted by Gasteiger charge is 2.43. The molecule has 8 heteroatoms. The predicted octanol–water partition coefficient (Wildman–Crippen LogP) is 6.57. The van der Waals surface area contributed by atoms with Crippen molar-refractivity contribution in [3.8, 4) is 0 Å². The fourth-order valence-electron chi connectivity index (χ4n) is 5.99. The molecule has 0 saturated heterocycles. The first kappa shape index (κ1) is 30.4. The Labute approximate surface area is 257 Å². The van der Waals surface area contributed by atoms with Gasteiger partial charge in [-0.25, -0.2) is 0 Å². The van der Waals surface area contributed by atoms with Gasteiger partial charge in [0.1, 0.15) is 5.69 Å². The summed E-state index contributed by atoms with van der Waals surface area (Å²) < 4.78 is 6.80. The summed E-state index contributed by atoms with van der Waals surface area (Å²) in [6.07, 6.45) is 5.95. The van der Waals surface area contributed by atoms with Crippen molar-refractivity contribution in [2.24, 2.45) is 0 Å². The van der Waals surface area contributed by atoms with Gasteiger partial charge in [0.15, 0.2) is 5.12 Å². The number of benzene rings is 3. The van der Waals surface area contributed by atoms with E-state index >= 15 is 0 Å². The van der Waals surface area contributed by atoms with Crippen molar-refractivity contribution in [1.82, 2.24) is 19.9 Å². The number of aromatic nitrogens is 3. The Bertz CT molecular complexity index is 1430. The largest absolute Gasteiger partial charge is 0.466 e. The summed E-state index contributed by atoms with van der Waals surface area (Å²) in [7, 11) is 0. The SMILES string of the molecule is CCOC(=O)CCCn1cc(C(SC(C)=O)C2=CCCN(C(c3ccccc3)(c3ccccc3)c3ccccc3)C2)nn1. The van der Waals surface area contributed by atoms with Crippen LogP contribution in [0, 0.1) is 0 Å². The van der Waals surface area contributed by atoms with Crippen molar-refractivity contribution in [2.75, 3.05) is 19.7 Å². The molecule has 222 valence electrons. The number of hydrogen-bond acceptors (Lipinski definition) is 7. The van der Waals surface area contributed by atoms with Gasteiger partial charge in [-0.2, -0.15) is 0 Å². The average Bonchev–Trinajstić information content (AvgIpc) is 3.51. The van der Waals surface area contributed by atoms with Crippen molar-refractivity contribution < 1.29 is 14.3 Å². The molecule has 3 aromatic carbocycles. The van der Waals surface area contributed by atoms with Gasteiger partial charge >= 0.3 is 5.97 Å². The van der Waals surface area contributed by atoms with E-state index in [0.717, 1.165) is 24.2 Å². The van der Waals surface area contributed by atoms with E-state index in [1.807, 2.05) is 6.20 Å². The van der Waals surface area contributed by atoms with E-state index < -0.39 is 5.54 Å². The van der Waals surface area contributed by atoms with Crippen LogP contribution in [0.2, 0.25) is 0 Å². The molecular formula is C35H38N4O3S. The minimum Gasteiger partial charge on any atom is -0.466 e. The molecule has 1 aromatic heterocycles. The third kappa shape index (κ3) is 6.98. The molecule has 0 bridgehead atoms. The van der Waals surface area contributed by atoms with Crippen LogP contribution in [0.5, 0.6) is 0 Å². The van der Waals surface area contributed by atoms with Crippen LogP contribution in [0.4, 0.5) is 0 Å². The van der Waals surface area contributed by atoms with Crippen LogP contribution in [0.3, 0.4) is 0 Å². The van der Waals surface area contributed by atoms with Gasteiger partial charge in [-0.05, 0) is 42.0 Å². The molecule has 2 heterocycles. The molecule has 1 unspecified atom stereocenters. The van der Waals surface area contributed by atoms with E-state index in [1.54, 1.807) is 18.5 Å². The van der Waals surface area contributed by atoms with E-state index in [1.165, 1.54) is 28.5 Å². The van der Waals surface area contributed by atoms with Crippen molar-refractivity contribution in [1.29, 1.82) is 0 Å². The Morgan fingerprint density at radius 2 is 1.51 bits per heavy atom. The number of thioether (sulfide) groups is 1. The maximum absolute atomic E-state index is 12.5. The van der Waals surface area contributed by atoms with E-state index in [-0.39, 0.29) is 16.3 Å². The zero-order valence-electron chi connectivity index (χ0n) is 24.8.